The van der Waals surface area contributed by atoms with Gasteiger partial charge in [0.25, 0.3) is 0 Å². The van der Waals surface area contributed by atoms with Crippen molar-refractivity contribution in [2.24, 2.45) is 0 Å². The lowest BCUT2D eigenvalue weighted by atomic mass is 10.1. The maximum Gasteiger partial charge on any atom is 0.416 e. The second-order valence-electron chi connectivity index (χ2n) is 3.75. The van der Waals surface area contributed by atoms with Gasteiger partial charge in [-0.15, -0.1) is 21.8 Å². The Hall–Kier alpha value is -0.660. The largest absolute Gasteiger partial charge is 0.416 e. The van der Waals surface area contributed by atoms with Crippen molar-refractivity contribution in [2.45, 2.75) is 18.5 Å². The Bertz CT molecular complexity index is 598. The van der Waals surface area contributed by atoms with E-state index in [0.717, 1.165) is 12.1 Å². The number of nitrogens with zero attached hydrogens (tertiary/aromatic N) is 2. The first-order chi connectivity index (χ1) is 8.79. The molecule has 0 radical (unpaired) electrons. The molecule has 1 aromatic carbocycles. The zero-order valence-electron chi connectivity index (χ0n) is 9.50. The number of halogens is 5. The third kappa shape index (κ3) is 3.27. The third-order valence-electron chi connectivity index (χ3n) is 2.31. The Morgan fingerprint density at radius 2 is 2.00 bits per heavy atom. The molecule has 102 valence electrons. The van der Waals surface area contributed by atoms with E-state index in [9.17, 15) is 13.2 Å². The predicted molar refractivity (Wildman–Crippen MR) is 72.3 cm³/mol. The molecular formula is C11H7BrClF3N2S. The normalized spacial score (nSPS) is 13.6. The van der Waals surface area contributed by atoms with E-state index >= 15 is 0 Å². The second-order valence-corrected chi connectivity index (χ2v) is 6.27. The maximum atomic E-state index is 12.7. The van der Waals surface area contributed by atoms with Crippen LogP contribution in [0.2, 0.25) is 0 Å². The zero-order chi connectivity index (χ0) is 14.2. The minimum Gasteiger partial charge on any atom is -0.166 e. The zero-order valence-corrected chi connectivity index (χ0v) is 12.7. The highest BCUT2D eigenvalue weighted by Gasteiger charge is 2.31. The average Bonchev–Trinajstić information content (AvgIpc) is 2.77. The first-order valence-electron chi connectivity index (χ1n) is 5.13. The minimum absolute atomic E-state index is 0.323. The van der Waals surface area contributed by atoms with Crippen molar-refractivity contribution in [3.63, 3.8) is 0 Å². The summed E-state index contributed by atoms with van der Waals surface area (Å²) in [5.41, 5.74) is -0.364. The van der Waals surface area contributed by atoms with Gasteiger partial charge in [0.1, 0.15) is 10.0 Å². The van der Waals surface area contributed by atoms with Crippen molar-refractivity contribution in [3.8, 4) is 10.6 Å². The second kappa shape index (κ2) is 5.38. The van der Waals surface area contributed by atoms with Crippen molar-refractivity contribution in [3.05, 3.63) is 33.2 Å². The molecule has 2 aromatic rings. The van der Waals surface area contributed by atoms with Gasteiger partial charge in [-0.25, -0.2) is 0 Å². The average molecular weight is 372 g/mol. The summed E-state index contributed by atoms with van der Waals surface area (Å²) in [6, 6.07) is 3.41. The molecule has 0 N–H and O–H groups in total. The van der Waals surface area contributed by atoms with Crippen molar-refractivity contribution >= 4 is 38.9 Å². The van der Waals surface area contributed by atoms with Gasteiger partial charge in [0.2, 0.25) is 0 Å². The molecule has 0 saturated heterocycles. The summed E-state index contributed by atoms with van der Waals surface area (Å²) in [5.74, 6) is 0. The number of hydrogen-bond donors (Lipinski definition) is 0. The van der Waals surface area contributed by atoms with Gasteiger partial charge in [-0.05, 0) is 25.1 Å². The third-order valence-corrected chi connectivity index (χ3v) is 4.47. The van der Waals surface area contributed by atoms with Gasteiger partial charge < -0.3 is 0 Å². The number of alkyl halides is 4. The molecule has 2 nitrogen and oxygen atoms in total. The molecule has 8 heteroatoms. The van der Waals surface area contributed by atoms with Crippen molar-refractivity contribution in [1.29, 1.82) is 0 Å². The molecule has 0 aliphatic heterocycles. The van der Waals surface area contributed by atoms with Crippen LogP contribution in [-0.2, 0) is 6.18 Å². The van der Waals surface area contributed by atoms with Crippen molar-refractivity contribution in [2.75, 3.05) is 0 Å². The Labute approximate surface area is 124 Å². The predicted octanol–water partition coefficient (Wildman–Crippen LogP) is 5.29. The number of rotatable bonds is 2. The van der Waals surface area contributed by atoms with Crippen molar-refractivity contribution in [1.82, 2.24) is 10.2 Å². The molecule has 1 aromatic heterocycles. The number of aromatic nitrogens is 2. The highest BCUT2D eigenvalue weighted by molar-refractivity contribution is 9.10. The fourth-order valence-electron chi connectivity index (χ4n) is 1.37. The highest BCUT2D eigenvalue weighted by atomic mass is 79.9. The van der Waals surface area contributed by atoms with E-state index in [1.165, 1.54) is 17.4 Å². The molecule has 0 bridgehead atoms. The van der Waals surface area contributed by atoms with Crippen LogP contribution in [-0.4, -0.2) is 10.2 Å². The molecule has 0 aliphatic rings. The minimum atomic E-state index is -4.39. The fourth-order valence-corrected chi connectivity index (χ4v) is 2.92. The van der Waals surface area contributed by atoms with Gasteiger partial charge in [0, 0.05) is 10.0 Å². The molecule has 19 heavy (non-hydrogen) atoms. The van der Waals surface area contributed by atoms with Crippen LogP contribution < -0.4 is 0 Å². The van der Waals surface area contributed by atoms with Gasteiger partial charge in [-0.3, -0.25) is 0 Å². The number of hydrogen-bond acceptors (Lipinski definition) is 3. The first kappa shape index (κ1) is 14.7. The fraction of sp³-hybridized carbons (Fsp3) is 0.273. The van der Waals surface area contributed by atoms with Gasteiger partial charge >= 0.3 is 6.18 Å². The molecule has 2 rings (SSSR count). The molecule has 1 atom stereocenters. The maximum absolute atomic E-state index is 12.7. The van der Waals surface area contributed by atoms with Crippen LogP contribution in [0.15, 0.2) is 22.7 Å². The standard InChI is InChI=1S/C11H7BrClF3N2S/c1-5(13)9-17-18-10(19-9)7-4-6(11(14,15)16)2-3-8(7)12/h2-5H,1H3. The lowest BCUT2D eigenvalue weighted by molar-refractivity contribution is -0.137. The summed E-state index contributed by atoms with van der Waals surface area (Å²) in [6.07, 6.45) is -4.39. The summed E-state index contributed by atoms with van der Waals surface area (Å²) in [7, 11) is 0. The lowest BCUT2D eigenvalue weighted by Gasteiger charge is -2.08. The number of benzene rings is 1. The van der Waals surface area contributed by atoms with Gasteiger partial charge in [0.05, 0.1) is 10.9 Å². The summed E-state index contributed by atoms with van der Waals surface area (Å²) in [5, 5.41) is 8.39. The van der Waals surface area contributed by atoms with E-state index in [1.54, 1.807) is 6.92 Å². The molecule has 1 heterocycles. The first-order valence-corrected chi connectivity index (χ1v) is 7.18. The summed E-state index contributed by atoms with van der Waals surface area (Å²) in [6.45, 7) is 1.73. The highest BCUT2D eigenvalue weighted by Crippen LogP contribution is 2.38. The Morgan fingerprint density at radius 1 is 1.32 bits per heavy atom. The van der Waals surface area contributed by atoms with Crippen LogP contribution >= 0.6 is 38.9 Å². The van der Waals surface area contributed by atoms with E-state index in [0.29, 0.717) is 20.1 Å². The molecule has 1 unspecified atom stereocenters. The molecule has 0 spiro atoms. The quantitative estimate of drug-likeness (QED) is 0.671. The Morgan fingerprint density at radius 3 is 2.53 bits per heavy atom. The molecule has 0 aliphatic carbocycles. The molecule has 0 fully saturated rings. The van der Waals surface area contributed by atoms with Crippen LogP contribution in [0.4, 0.5) is 13.2 Å². The van der Waals surface area contributed by atoms with E-state index < -0.39 is 11.7 Å². The van der Waals surface area contributed by atoms with E-state index in [2.05, 4.69) is 26.1 Å². The Balaban J connectivity index is 2.48. The molecule has 0 saturated carbocycles. The topological polar surface area (TPSA) is 25.8 Å². The summed E-state index contributed by atoms with van der Waals surface area (Å²) < 4.78 is 38.6. The van der Waals surface area contributed by atoms with Crippen LogP contribution in [0.1, 0.15) is 22.9 Å². The van der Waals surface area contributed by atoms with E-state index in [1.807, 2.05) is 0 Å². The van der Waals surface area contributed by atoms with Gasteiger partial charge in [-0.1, -0.05) is 27.3 Å². The Kier molecular flexibility index (Phi) is 4.17. The van der Waals surface area contributed by atoms with E-state index in [-0.39, 0.29) is 5.38 Å². The smallest absolute Gasteiger partial charge is 0.166 e. The monoisotopic (exact) mass is 370 g/mol. The van der Waals surface area contributed by atoms with E-state index in [4.69, 9.17) is 11.6 Å². The summed E-state index contributed by atoms with van der Waals surface area (Å²) >= 11 is 10.3. The van der Waals surface area contributed by atoms with Gasteiger partial charge in [-0.2, -0.15) is 13.2 Å². The molecule has 0 amide bonds. The molecular weight excluding hydrogens is 365 g/mol. The van der Waals surface area contributed by atoms with Gasteiger partial charge in [0.15, 0.2) is 0 Å². The lowest BCUT2D eigenvalue weighted by Crippen LogP contribution is -2.04. The SMILES string of the molecule is CC(Cl)c1nnc(-c2cc(C(F)(F)F)ccc2Br)s1. The van der Waals surface area contributed by atoms with Crippen LogP contribution in [0.25, 0.3) is 10.6 Å². The van der Waals surface area contributed by atoms with Crippen molar-refractivity contribution < 1.29 is 13.2 Å². The van der Waals surface area contributed by atoms with Crippen LogP contribution in [0.3, 0.4) is 0 Å². The summed E-state index contributed by atoms with van der Waals surface area (Å²) in [4.78, 5) is 0. The van der Waals surface area contributed by atoms with Crippen LogP contribution in [0.5, 0.6) is 0 Å². The van der Waals surface area contributed by atoms with Crippen LogP contribution in [0, 0.1) is 0 Å².